The lowest BCUT2D eigenvalue weighted by atomic mass is 9.91. The van der Waals surface area contributed by atoms with Crippen LogP contribution in [0.5, 0.6) is 17.2 Å². The molecule has 1 aliphatic rings. The van der Waals surface area contributed by atoms with Gasteiger partial charge in [-0.1, -0.05) is 0 Å². The van der Waals surface area contributed by atoms with Crippen LogP contribution in [0, 0.1) is 5.82 Å². The molecular formula is C28H28FNO6. The van der Waals surface area contributed by atoms with Crippen molar-refractivity contribution in [2.24, 2.45) is 0 Å². The highest BCUT2D eigenvalue weighted by molar-refractivity contribution is 5.94. The maximum Gasteiger partial charge on any atom is 0.338 e. The van der Waals surface area contributed by atoms with Crippen LogP contribution in [0.25, 0.3) is 0 Å². The van der Waals surface area contributed by atoms with E-state index in [2.05, 4.69) is 0 Å². The molecule has 0 spiro atoms. The van der Waals surface area contributed by atoms with E-state index >= 15 is 0 Å². The van der Waals surface area contributed by atoms with Gasteiger partial charge in [-0.3, -0.25) is 4.79 Å². The average Bonchev–Trinajstić information content (AvgIpc) is 2.91. The first-order chi connectivity index (χ1) is 17.4. The van der Waals surface area contributed by atoms with Crippen molar-refractivity contribution < 1.29 is 32.9 Å². The fraction of sp³-hybridized carbons (Fsp3) is 0.286. The molecule has 0 aliphatic carbocycles. The van der Waals surface area contributed by atoms with Crippen molar-refractivity contribution in [3.63, 3.8) is 0 Å². The van der Waals surface area contributed by atoms with Crippen molar-refractivity contribution in [3.05, 3.63) is 88.7 Å². The Hall–Kier alpha value is -4.07. The minimum atomic E-state index is -0.434. The van der Waals surface area contributed by atoms with Crippen LogP contribution in [-0.2, 0) is 11.2 Å². The average molecular weight is 494 g/mol. The zero-order chi connectivity index (χ0) is 25.7. The largest absolute Gasteiger partial charge is 0.493 e. The summed E-state index contributed by atoms with van der Waals surface area (Å²) in [6.45, 7) is 2.66. The minimum absolute atomic E-state index is 0.161. The SMILES string of the molecule is CCOC(=O)c1ccc(OC[C@@H]2c3cc(OC)c(OC)cc3CCN2C(=O)c2ccc(F)cc2)cc1. The highest BCUT2D eigenvalue weighted by atomic mass is 19.1. The number of halogens is 1. The van der Waals surface area contributed by atoms with E-state index in [9.17, 15) is 14.0 Å². The van der Waals surface area contributed by atoms with E-state index in [1.807, 2.05) is 12.1 Å². The van der Waals surface area contributed by atoms with Gasteiger partial charge in [0.15, 0.2) is 11.5 Å². The molecular weight excluding hydrogens is 465 g/mol. The molecule has 0 bridgehead atoms. The van der Waals surface area contributed by atoms with Crippen LogP contribution in [0.15, 0.2) is 60.7 Å². The van der Waals surface area contributed by atoms with Crippen molar-refractivity contribution in [1.29, 1.82) is 0 Å². The second-order valence-corrected chi connectivity index (χ2v) is 8.23. The molecule has 3 aromatic carbocycles. The molecule has 1 atom stereocenters. The van der Waals surface area contributed by atoms with E-state index in [1.165, 1.54) is 24.3 Å². The number of hydrogen-bond donors (Lipinski definition) is 0. The van der Waals surface area contributed by atoms with Crippen molar-refractivity contribution in [3.8, 4) is 17.2 Å². The number of fused-ring (bicyclic) bond motifs is 1. The molecule has 0 unspecified atom stereocenters. The monoisotopic (exact) mass is 493 g/mol. The van der Waals surface area contributed by atoms with E-state index in [4.69, 9.17) is 18.9 Å². The predicted octanol–water partition coefficient (Wildman–Crippen LogP) is 4.84. The summed E-state index contributed by atoms with van der Waals surface area (Å²) in [6.07, 6.45) is 0.618. The van der Waals surface area contributed by atoms with Crippen LogP contribution >= 0.6 is 0 Å². The van der Waals surface area contributed by atoms with Gasteiger partial charge in [0.2, 0.25) is 0 Å². The molecule has 4 rings (SSSR count). The summed E-state index contributed by atoms with van der Waals surface area (Å²) < 4.78 is 35.5. The Morgan fingerprint density at radius 1 is 0.944 bits per heavy atom. The van der Waals surface area contributed by atoms with Gasteiger partial charge < -0.3 is 23.8 Å². The first-order valence-corrected chi connectivity index (χ1v) is 11.7. The van der Waals surface area contributed by atoms with Gasteiger partial charge in [0.25, 0.3) is 5.91 Å². The predicted molar refractivity (Wildman–Crippen MR) is 131 cm³/mol. The summed E-state index contributed by atoms with van der Waals surface area (Å²) in [6, 6.07) is 15.5. The van der Waals surface area contributed by atoms with E-state index in [0.717, 1.165) is 11.1 Å². The maximum atomic E-state index is 13.5. The van der Waals surface area contributed by atoms with Crippen LogP contribution in [0.1, 0.15) is 44.8 Å². The molecule has 0 aromatic heterocycles. The zero-order valence-corrected chi connectivity index (χ0v) is 20.5. The number of amides is 1. The molecule has 7 nitrogen and oxygen atoms in total. The van der Waals surface area contributed by atoms with Crippen LogP contribution in [-0.4, -0.2) is 50.8 Å². The molecule has 0 saturated carbocycles. The second kappa shape index (κ2) is 11.1. The summed E-state index contributed by atoms with van der Waals surface area (Å²) in [5.74, 6) is 0.687. The van der Waals surface area contributed by atoms with Crippen molar-refractivity contribution in [2.45, 2.75) is 19.4 Å². The summed E-state index contributed by atoms with van der Waals surface area (Å²) >= 11 is 0. The third-order valence-electron chi connectivity index (χ3n) is 6.13. The van der Waals surface area contributed by atoms with Gasteiger partial charge in [0, 0.05) is 12.1 Å². The quantitative estimate of drug-likeness (QED) is 0.418. The molecule has 1 heterocycles. The Bertz CT molecular complexity index is 1230. The van der Waals surface area contributed by atoms with Gasteiger partial charge in [-0.2, -0.15) is 0 Å². The molecule has 36 heavy (non-hydrogen) atoms. The molecule has 0 radical (unpaired) electrons. The molecule has 188 valence electrons. The maximum absolute atomic E-state index is 13.5. The molecule has 0 fully saturated rings. The number of benzene rings is 3. The smallest absolute Gasteiger partial charge is 0.338 e. The molecule has 1 aliphatic heterocycles. The van der Waals surface area contributed by atoms with E-state index in [0.29, 0.717) is 47.9 Å². The van der Waals surface area contributed by atoms with Crippen LogP contribution < -0.4 is 14.2 Å². The summed E-state index contributed by atoms with van der Waals surface area (Å²) in [4.78, 5) is 27.1. The summed E-state index contributed by atoms with van der Waals surface area (Å²) in [5, 5.41) is 0. The summed E-state index contributed by atoms with van der Waals surface area (Å²) in [7, 11) is 3.14. The number of ether oxygens (including phenoxy) is 4. The van der Waals surface area contributed by atoms with Crippen molar-refractivity contribution in [2.75, 3.05) is 34.0 Å². The van der Waals surface area contributed by atoms with Gasteiger partial charge in [-0.25, -0.2) is 9.18 Å². The highest BCUT2D eigenvalue weighted by Crippen LogP contribution is 2.39. The summed E-state index contributed by atoms with van der Waals surface area (Å²) in [5.41, 5.74) is 2.74. The third kappa shape index (κ3) is 5.27. The fourth-order valence-corrected chi connectivity index (χ4v) is 4.29. The molecule has 0 N–H and O–H groups in total. The van der Waals surface area contributed by atoms with Gasteiger partial charge in [-0.15, -0.1) is 0 Å². The standard InChI is InChI=1S/C28H28FNO6/c1-4-35-28(32)19-7-11-22(12-8-19)36-17-24-23-16-26(34-3)25(33-2)15-20(23)13-14-30(24)27(31)18-5-9-21(29)10-6-18/h5-12,15-16,24H,4,13-14,17H2,1-3H3/t24-/m1/s1. The lowest BCUT2D eigenvalue weighted by Gasteiger charge is -2.37. The van der Waals surface area contributed by atoms with Crippen LogP contribution in [0.3, 0.4) is 0 Å². The fourth-order valence-electron chi connectivity index (χ4n) is 4.29. The lowest BCUT2D eigenvalue weighted by molar-refractivity contribution is 0.0524. The molecule has 3 aromatic rings. The van der Waals surface area contributed by atoms with Gasteiger partial charge in [0.05, 0.1) is 32.4 Å². The minimum Gasteiger partial charge on any atom is -0.493 e. The molecule has 8 heteroatoms. The number of carbonyl (C=O) groups is 2. The topological polar surface area (TPSA) is 74.3 Å². The zero-order valence-electron chi connectivity index (χ0n) is 20.5. The van der Waals surface area contributed by atoms with E-state index in [1.54, 1.807) is 50.3 Å². The first kappa shape index (κ1) is 25.0. The number of methoxy groups -OCH3 is 2. The lowest BCUT2D eigenvalue weighted by Crippen LogP contribution is -2.42. The molecule has 1 amide bonds. The Kier molecular flexibility index (Phi) is 7.73. The Labute approximate surface area is 209 Å². The van der Waals surface area contributed by atoms with Crippen LogP contribution in [0.4, 0.5) is 4.39 Å². The number of rotatable bonds is 8. The van der Waals surface area contributed by atoms with Crippen LogP contribution in [0.2, 0.25) is 0 Å². The van der Waals surface area contributed by atoms with Crippen molar-refractivity contribution >= 4 is 11.9 Å². The Balaban J connectivity index is 1.63. The van der Waals surface area contributed by atoms with E-state index in [-0.39, 0.29) is 12.5 Å². The Morgan fingerprint density at radius 3 is 2.22 bits per heavy atom. The number of esters is 1. The van der Waals surface area contributed by atoms with Crippen molar-refractivity contribution in [1.82, 2.24) is 4.90 Å². The van der Waals surface area contributed by atoms with E-state index < -0.39 is 17.8 Å². The van der Waals surface area contributed by atoms with Gasteiger partial charge >= 0.3 is 5.97 Å². The first-order valence-electron chi connectivity index (χ1n) is 11.7. The normalized spacial score (nSPS) is 14.6. The second-order valence-electron chi connectivity index (χ2n) is 8.23. The Morgan fingerprint density at radius 2 is 1.58 bits per heavy atom. The number of hydrogen-bond acceptors (Lipinski definition) is 6. The molecule has 0 saturated heterocycles. The highest BCUT2D eigenvalue weighted by Gasteiger charge is 2.33. The third-order valence-corrected chi connectivity index (χ3v) is 6.13. The number of nitrogens with zero attached hydrogens (tertiary/aromatic N) is 1. The van der Waals surface area contributed by atoms with Gasteiger partial charge in [-0.05, 0) is 85.1 Å². The van der Waals surface area contributed by atoms with Gasteiger partial charge in [0.1, 0.15) is 18.2 Å². The number of carbonyl (C=O) groups excluding carboxylic acids is 2.